The van der Waals surface area contributed by atoms with E-state index in [9.17, 15) is 22.8 Å². The molecule has 1 aromatic heterocycles. The smallest absolute Gasteiger partial charge is 0.372 e. The zero-order chi connectivity index (χ0) is 26.0. The molecule has 190 valence electrons. The van der Waals surface area contributed by atoms with E-state index >= 15 is 0 Å². The van der Waals surface area contributed by atoms with Crippen molar-refractivity contribution >= 4 is 17.5 Å². The number of carbonyl (C=O) groups excluding carboxylic acids is 2. The summed E-state index contributed by atoms with van der Waals surface area (Å²) in [7, 11) is 3.41. The van der Waals surface area contributed by atoms with Crippen LogP contribution in [0.4, 0.5) is 18.9 Å². The van der Waals surface area contributed by atoms with Gasteiger partial charge in [-0.05, 0) is 55.0 Å². The third-order valence-corrected chi connectivity index (χ3v) is 7.26. The molecule has 0 spiro atoms. The number of rotatable bonds is 4. The van der Waals surface area contributed by atoms with E-state index < -0.39 is 17.3 Å². The summed E-state index contributed by atoms with van der Waals surface area (Å²) in [5.74, 6) is -0.386. The first-order valence-corrected chi connectivity index (χ1v) is 11.9. The van der Waals surface area contributed by atoms with E-state index in [1.54, 1.807) is 54.4 Å². The van der Waals surface area contributed by atoms with Gasteiger partial charge in [-0.1, -0.05) is 0 Å². The molecule has 3 heterocycles. The number of anilines is 1. The molecular formula is C26H28F3N5O2. The van der Waals surface area contributed by atoms with E-state index in [0.29, 0.717) is 50.3 Å². The van der Waals surface area contributed by atoms with E-state index in [2.05, 4.69) is 4.98 Å². The van der Waals surface area contributed by atoms with Crippen molar-refractivity contribution in [2.24, 2.45) is 17.8 Å². The van der Waals surface area contributed by atoms with Crippen LogP contribution in [0, 0.1) is 29.1 Å². The fourth-order valence-electron chi connectivity index (χ4n) is 5.38. The van der Waals surface area contributed by atoms with E-state index in [1.807, 2.05) is 4.90 Å². The van der Waals surface area contributed by atoms with Gasteiger partial charge in [0.2, 0.25) is 5.91 Å². The van der Waals surface area contributed by atoms with Crippen LogP contribution in [0.15, 0.2) is 42.7 Å². The standard InChI is InChI=1S/C26H28F3N5O2/c1-32(2)25(36)22-16-34(24(35)19-4-3-9-31-14-19)15-21(22)17-7-10-33(11-8-17)20-6-5-18(13-30)23(12-20)26(27,28)29/h3-6,9,12,14,17,21-22H,7-8,10-11,15-16H2,1-2H3/t21-,22+/m0/s1. The highest BCUT2D eigenvalue weighted by Crippen LogP contribution is 2.39. The third-order valence-electron chi connectivity index (χ3n) is 7.26. The Bertz CT molecular complexity index is 1150. The summed E-state index contributed by atoms with van der Waals surface area (Å²) in [5, 5.41) is 9.05. The van der Waals surface area contributed by atoms with Crippen molar-refractivity contribution in [3.8, 4) is 6.07 Å². The van der Waals surface area contributed by atoms with Crippen molar-refractivity contribution in [2.45, 2.75) is 19.0 Å². The van der Waals surface area contributed by atoms with Gasteiger partial charge in [-0.2, -0.15) is 18.4 Å². The highest BCUT2D eigenvalue weighted by atomic mass is 19.4. The first kappa shape index (κ1) is 25.5. The van der Waals surface area contributed by atoms with E-state index in [1.165, 1.54) is 12.3 Å². The first-order valence-electron chi connectivity index (χ1n) is 11.9. The summed E-state index contributed by atoms with van der Waals surface area (Å²) in [4.78, 5) is 35.3. The number of nitriles is 1. The van der Waals surface area contributed by atoms with Crippen molar-refractivity contribution < 1.29 is 22.8 Å². The van der Waals surface area contributed by atoms with Crippen LogP contribution < -0.4 is 4.90 Å². The minimum atomic E-state index is -4.60. The summed E-state index contributed by atoms with van der Waals surface area (Å²) in [5.41, 5.74) is -0.414. The van der Waals surface area contributed by atoms with Gasteiger partial charge in [-0.15, -0.1) is 0 Å². The van der Waals surface area contributed by atoms with Gasteiger partial charge in [0.15, 0.2) is 0 Å². The van der Waals surface area contributed by atoms with Crippen molar-refractivity contribution in [1.29, 1.82) is 5.26 Å². The maximum Gasteiger partial charge on any atom is 0.417 e. The highest BCUT2D eigenvalue weighted by molar-refractivity contribution is 5.94. The minimum absolute atomic E-state index is 0.0224. The Morgan fingerprint density at radius 3 is 2.44 bits per heavy atom. The Kier molecular flexibility index (Phi) is 7.20. The highest BCUT2D eigenvalue weighted by Gasteiger charge is 2.45. The molecule has 0 unspecified atom stereocenters. The molecule has 0 N–H and O–H groups in total. The van der Waals surface area contributed by atoms with Gasteiger partial charge < -0.3 is 14.7 Å². The van der Waals surface area contributed by atoms with Crippen LogP contribution in [0.1, 0.15) is 34.3 Å². The zero-order valence-electron chi connectivity index (χ0n) is 20.2. The van der Waals surface area contributed by atoms with Crippen molar-refractivity contribution in [1.82, 2.24) is 14.8 Å². The number of alkyl halides is 3. The number of nitrogens with zero attached hydrogens (tertiary/aromatic N) is 5. The molecule has 36 heavy (non-hydrogen) atoms. The maximum absolute atomic E-state index is 13.4. The fraction of sp³-hybridized carbons (Fsp3) is 0.462. The lowest BCUT2D eigenvalue weighted by atomic mass is 9.78. The number of benzene rings is 1. The number of halogens is 3. The Balaban J connectivity index is 1.49. The number of likely N-dealkylation sites (tertiary alicyclic amines) is 1. The summed E-state index contributed by atoms with van der Waals surface area (Å²) < 4.78 is 40.2. The Hall–Kier alpha value is -3.61. The molecule has 2 atom stereocenters. The molecule has 2 aliphatic rings. The largest absolute Gasteiger partial charge is 0.417 e. The molecule has 0 saturated carbocycles. The number of aromatic nitrogens is 1. The fourth-order valence-corrected chi connectivity index (χ4v) is 5.38. The SMILES string of the molecule is CN(C)C(=O)[C@@H]1CN(C(=O)c2cccnc2)C[C@H]1C1CCN(c2ccc(C#N)c(C(F)(F)F)c2)CC1. The van der Waals surface area contributed by atoms with Gasteiger partial charge >= 0.3 is 6.18 Å². The molecule has 10 heteroatoms. The average Bonchev–Trinajstić information content (AvgIpc) is 3.32. The molecule has 2 aliphatic heterocycles. The molecule has 2 saturated heterocycles. The van der Waals surface area contributed by atoms with Crippen LogP contribution in [0.5, 0.6) is 0 Å². The number of hydrogen-bond acceptors (Lipinski definition) is 5. The lowest BCUT2D eigenvalue weighted by molar-refractivity contribution is -0.137. The van der Waals surface area contributed by atoms with Crippen LogP contribution in [-0.2, 0) is 11.0 Å². The third kappa shape index (κ3) is 5.15. The van der Waals surface area contributed by atoms with E-state index in [-0.39, 0.29) is 29.6 Å². The lowest BCUT2D eigenvalue weighted by Crippen LogP contribution is -2.41. The number of carbonyl (C=O) groups is 2. The lowest BCUT2D eigenvalue weighted by Gasteiger charge is -2.38. The molecule has 0 bridgehead atoms. The zero-order valence-corrected chi connectivity index (χ0v) is 20.2. The number of amides is 2. The number of pyridine rings is 1. The Labute approximate surface area is 208 Å². The van der Waals surface area contributed by atoms with Gasteiger partial charge in [0.05, 0.1) is 28.7 Å². The second-order valence-corrected chi connectivity index (χ2v) is 9.62. The predicted molar refractivity (Wildman–Crippen MR) is 127 cm³/mol. The average molecular weight is 500 g/mol. The maximum atomic E-state index is 13.4. The molecule has 0 aliphatic carbocycles. The number of hydrogen-bond donors (Lipinski definition) is 0. The molecule has 2 fully saturated rings. The second-order valence-electron chi connectivity index (χ2n) is 9.62. The van der Waals surface area contributed by atoms with Crippen LogP contribution >= 0.6 is 0 Å². The summed E-state index contributed by atoms with van der Waals surface area (Å²) in [6.07, 6.45) is -0.103. The molecule has 0 radical (unpaired) electrons. The molecule has 2 amide bonds. The van der Waals surface area contributed by atoms with E-state index in [0.717, 1.165) is 6.07 Å². The predicted octanol–water partition coefficient (Wildman–Crippen LogP) is 3.67. The molecule has 2 aromatic rings. The molecule has 7 nitrogen and oxygen atoms in total. The van der Waals surface area contributed by atoms with Crippen molar-refractivity contribution in [3.63, 3.8) is 0 Å². The Morgan fingerprint density at radius 1 is 1.14 bits per heavy atom. The summed E-state index contributed by atoms with van der Waals surface area (Å²) in [6, 6.07) is 8.83. The van der Waals surface area contributed by atoms with Crippen molar-refractivity contribution in [2.75, 3.05) is 45.2 Å². The normalized spacial score (nSPS) is 20.8. The van der Waals surface area contributed by atoms with Gasteiger partial charge in [0.25, 0.3) is 5.91 Å². The van der Waals surface area contributed by atoms with Crippen LogP contribution in [0.25, 0.3) is 0 Å². The van der Waals surface area contributed by atoms with Gasteiger partial charge in [0, 0.05) is 58.4 Å². The Morgan fingerprint density at radius 2 is 1.86 bits per heavy atom. The summed E-state index contributed by atoms with van der Waals surface area (Å²) >= 11 is 0. The summed E-state index contributed by atoms with van der Waals surface area (Å²) in [6.45, 7) is 1.85. The quantitative estimate of drug-likeness (QED) is 0.642. The molecule has 1 aromatic carbocycles. The second kappa shape index (κ2) is 10.2. The van der Waals surface area contributed by atoms with Gasteiger partial charge in [-0.3, -0.25) is 14.6 Å². The number of piperidine rings is 1. The van der Waals surface area contributed by atoms with Crippen LogP contribution in [0.2, 0.25) is 0 Å². The van der Waals surface area contributed by atoms with Gasteiger partial charge in [-0.25, -0.2) is 0 Å². The van der Waals surface area contributed by atoms with E-state index in [4.69, 9.17) is 5.26 Å². The minimum Gasteiger partial charge on any atom is -0.372 e. The monoisotopic (exact) mass is 499 g/mol. The first-order chi connectivity index (χ1) is 17.1. The van der Waals surface area contributed by atoms with Crippen LogP contribution in [0.3, 0.4) is 0 Å². The topological polar surface area (TPSA) is 80.5 Å². The molecule has 4 rings (SSSR count). The van der Waals surface area contributed by atoms with Crippen LogP contribution in [-0.4, -0.2) is 66.9 Å². The van der Waals surface area contributed by atoms with Gasteiger partial charge in [0.1, 0.15) is 0 Å². The molecular weight excluding hydrogens is 471 g/mol. The van der Waals surface area contributed by atoms with Crippen molar-refractivity contribution in [3.05, 3.63) is 59.4 Å².